The van der Waals surface area contributed by atoms with Gasteiger partial charge < -0.3 is 15.1 Å². The molecule has 5 heteroatoms. The van der Waals surface area contributed by atoms with Gasteiger partial charge in [0.15, 0.2) is 0 Å². The number of pyridine rings is 1. The van der Waals surface area contributed by atoms with Crippen LogP contribution in [0.2, 0.25) is 0 Å². The molecule has 1 aromatic carbocycles. The molecule has 3 rings (SSSR count). The van der Waals surface area contributed by atoms with Crippen LogP contribution in [0, 0.1) is 13.8 Å². The molecule has 1 aromatic heterocycles. The zero-order valence-electron chi connectivity index (χ0n) is 15.2. The summed E-state index contributed by atoms with van der Waals surface area (Å²) in [5.41, 5.74) is 4.92. The number of hydrogen-bond donors (Lipinski definition) is 1. The van der Waals surface area contributed by atoms with Gasteiger partial charge in [-0.15, -0.1) is 0 Å². The molecule has 0 atom stereocenters. The number of aryl methyl sites for hydroxylation is 2. The van der Waals surface area contributed by atoms with Crippen LogP contribution in [0.25, 0.3) is 0 Å². The number of benzene rings is 1. The Balaban J connectivity index is 1.72. The van der Waals surface area contributed by atoms with Gasteiger partial charge in [0.2, 0.25) is 0 Å². The molecule has 1 aliphatic heterocycles. The average Bonchev–Trinajstić information content (AvgIpc) is 2.64. The Kier molecular flexibility index (Phi) is 5.34. The predicted octanol–water partition coefficient (Wildman–Crippen LogP) is 3.22. The molecule has 2 aromatic rings. The lowest BCUT2D eigenvalue weighted by Gasteiger charge is -2.34. The SMILES string of the molecule is CCN1CCN(C(=O)c2cncc(Nc3ccc(C)cc3C)c2)CC1. The number of carbonyl (C=O) groups is 1. The zero-order valence-corrected chi connectivity index (χ0v) is 15.2. The number of nitrogens with zero attached hydrogens (tertiary/aromatic N) is 3. The smallest absolute Gasteiger partial charge is 0.255 e. The quantitative estimate of drug-likeness (QED) is 0.930. The van der Waals surface area contributed by atoms with Crippen LogP contribution in [0.4, 0.5) is 11.4 Å². The highest BCUT2D eigenvalue weighted by Crippen LogP contribution is 2.22. The third kappa shape index (κ3) is 4.17. The van der Waals surface area contributed by atoms with Crippen LogP contribution >= 0.6 is 0 Å². The van der Waals surface area contributed by atoms with E-state index in [2.05, 4.69) is 54.2 Å². The van der Waals surface area contributed by atoms with Gasteiger partial charge >= 0.3 is 0 Å². The fraction of sp³-hybridized carbons (Fsp3) is 0.400. The third-order valence-corrected chi connectivity index (χ3v) is 4.75. The minimum absolute atomic E-state index is 0.0625. The molecule has 1 saturated heterocycles. The molecular weight excluding hydrogens is 312 g/mol. The van der Waals surface area contributed by atoms with E-state index in [1.165, 1.54) is 11.1 Å². The number of rotatable bonds is 4. The second-order valence-electron chi connectivity index (χ2n) is 6.63. The second-order valence-corrected chi connectivity index (χ2v) is 6.63. The van der Waals surface area contributed by atoms with Crippen LogP contribution in [0.3, 0.4) is 0 Å². The van der Waals surface area contributed by atoms with Gasteiger partial charge in [0.1, 0.15) is 0 Å². The molecule has 0 spiro atoms. The molecular formula is C20H26N4O. The summed E-state index contributed by atoms with van der Waals surface area (Å²) in [4.78, 5) is 21.3. The highest BCUT2D eigenvalue weighted by Gasteiger charge is 2.21. The highest BCUT2D eigenvalue weighted by molar-refractivity contribution is 5.95. The molecule has 0 radical (unpaired) electrons. The minimum Gasteiger partial charge on any atom is -0.354 e. The zero-order chi connectivity index (χ0) is 17.8. The molecule has 1 amide bonds. The van der Waals surface area contributed by atoms with E-state index >= 15 is 0 Å². The summed E-state index contributed by atoms with van der Waals surface area (Å²) in [5.74, 6) is 0.0625. The van der Waals surface area contributed by atoms with Crippen LogP contribution in [-0.4, -0.2) is 53.4 Å². The van der Waals surface area contributed by atoms with Crippen LogP contribution in [-0.2, 0) is 0 Å². The molecule has 25 heavy (non-hydrogen) atoms. The highest BCUT2D eigenvalue weighted by atomic mass is 16.2. The van der Waals surface area contributed by atoms with Crippen molar-refractivity contribution >= 4 is 17.3 Å². The Morgan fingerprint density at radius 1 is 1.12 bits per heavy atom. The largest absolute Gasteiger partial charge is 0.354 e. The number of piperazine rings is 1. The maximum absolute atomic E-state index is 12.8. The number of likely N-dealkylation sites (N-methyl/N-ethyl adjacent to an activating group) is 1. The number of carbonyl (C=O) groups excluding carboxylic acids is 1. The number of hydrogen-bond acceptors (Lipinski definition) is 4. The number of nitrogens with one attached hydrogen (secondary N) is 1. The Labute approximate surface area is 149 Å². The summed E-state index contributed by atoms with van der Waals surface area (Å²) in [6.45, 7) is 10.8. The van der Waals surface area contributed by atoms with Crippen molar-refractivity contribution in [3.63, 3.8) is 0 Å². The van der Waals surface area contributed by atoms with E-state index < -0.39 is 0 Å². The normalized spacial score (nSPS) is 15.2. The lowest BCUT2D eigenvalue weighted by molar-refractivity contribution is 0.0643. The molecule has 0 saturated carbocycles. The van der Waals surface area contributed by atoms with E-state index in [9.17, 15) is 4.79 Å². The maximum Gasteiger partial charge on any atom is 0.255 e. The van der Waals surface area contributed by atoms with Crippen molar-refractivity contribution in [2.75, 3.05) is 38.0 Å². The molecule has 2 heterocycles. The second kappa shape index (κ2) is 7.66. The standard InChI is InChI=1S/C20H26N4O/c1-4-23-7-9-24(10-8-23)20(25)17-12-18(14-21-13-17)22-19-6-5-15(2)11-16(19)3/h5-6,11-14,22H,4,7-10H2,1-3H3. The summed E-state index contributed by atoms with van der Waals surface area (Å²) in [6, 6.07) is 8.16. The Hall–Kier alpha value is -2.40. The summed E-state index contributed by atoms with van der Waals surface area (Å²) in [6.07, 6.45) is 3.41. The van der Waals surface area contributed by atoms with Crippen LogP contribution in [0.1, 0.15) is 28.4 Å². The first-order valence-corrected chi connectivity index (χ1v) is 8.88. The van der Waals surface area contributed by atoms with Crippen molar-refractivity contribution in [3.05, 3.63) is 53.3 Å². The average molecular weight is 338 g/mol. The van der Waals surface area contributed by atoms with Gasteiger partial charge in [0.05, 0.1) is 17.4 Å². The maximum atomic E-state index is 12.8. The third-order valence-electron chi connectivity index (χ3n) is 4.75. The monoisotopic (exact) mass is 338 g/mol. The van der Waals surface area contributed by atoms with E-state index in [1.54, 1.807) is 12.4 Å². The van der Waals surface area contributed by atoms with Gasteiger partial charge in [0.25, 0.3) is 5.91 Å². The van der Waals surface area contributed by atoms with E-state index in [0.29, 0.717) is 5.56 Å². The fourth-order valence-electron chi connectivity index (χ4n) is 3.18. The number of amides is 1. The van der Waals surface area contributed by atoms with Crippen LogP contribution < -0.4 is 5.32 Å². The van der Waals surface area contributed by atoms with Gasteiger partial charge in [-0.25, -0.2) is 0 Å². The molecule has 1 fully saturated rings. The summed E-state index contributed by atoms with van der Waals surface area (Å²) >= 11 is 0. The number of aromatic nitrogens is 1. The summed E-state index contributed by atoms with van der Waals surface area (Å²) < 4.78 is 0. The molecule has 5 nitrogen and oxygen atoms in total. The first-order chi connectivity index (χ1) is 12.1. The van der Waals surface area contributed by atoms with Crippen molar-refractivity contribution in [1.82, 2.24) is 14.8 Å². The van der Waals surface area contributed by atoms with E-state index in [0.717, 1.165) is 44.1 Å². The summed E-state index contributed by atoms with van der Waals surface area (Å²) in [7, 11) is 0. The van der Waals surface area contributed by atoms with Crippen molar-refractivity contribution < 1.29 is 4.79 Å². The van der Waals surface area contributed by atoms with Crippen molar-refractivity contribution in [3.8, 4) is 0 Å². The van der Waals surface area contributed by atoms with Crippen molar-refractivity contribution in [1.29, 1.82) is 0 Å². The first kappa shape index (κ1) is 17.4. The van der Waals surface area contributed by atoms with Gasteiger partial charge in [-0.3, -0.25) is 9.78 Å². The Morgan fingerprint density at radius 3 is 2.56 bits per heavy atom. The number of anilines is 2. The molecule has 1 aliphatic rings. The lowest BCUT2D eigenvalue weighted by atomic mass is 10.1. The minimum atomic E-state index is 0.0625. The first-order valence-electron chi connectivity index (χ1n) is 8.88. The fourth-order valence-corrected chi connectivity index (χ4v) is 3.18. The Morgan fingerprint density at radius 2 is 1.88 bits per heavy atom. The van der Waals surface area contributed by atoms with Crippen LogP contribution in [0.5, 0.6) is 0 Å². The van der Waals surface area contributed by atoms with Crippen molar-refractivity contribution in [2.24, 2.45) is 0 Å². The molecule has 1 N–H and O–H groups in total. The predicted molar refractivity (Wildman–Crippen MR) is 101 cm³/mol. The lowest BCUT2D eigenvalue weighted by Crippen LogP contribution is -2.48. The molecule has 0 unspecified atom stereocenters. The van der Waals surface area contributed by atoms with Gasteiger partial charge in [0, 0.05) is 38.1 Å². The summed E-state index contributed by atoms with van der Waals surface area (Å²) in [5, 5.41) is 3.37. The van der Waals surface area contributed by atoms with E-state index in [-0.39, 0.29) is 5.91 Å². The van der Waals surface area contributed by atoms with Gasteiger partial charge in [-0.2, -0.15) is 0 Å². The topological polar surface area (TPSA) is 48.5 Å². The van der Waals surface area contributed by atoms with Crippen LogP contribution in [0.15, 0.2) is 36.7 Å². The molecule has 132 valence electrons. The van der Waals surface area contributed by atoms with Gasteiger partial charge in [-0.05, 0) is 38.1 Å². The van der Waals surface area contributed by atoms with Crippen molar-refractivity contribution in [2.45, 2.75) is 20.8 Å². The van der Waals surface area contributed by atoms with E-state index in [4.69, 9.17) is 0 Å². The molecule has 0 aliphatic carbocycles. The molecule has 0 bridgehead atoms. The van der Waals surface area contributed by atoms with E-state index in [1.807, 2.05) is 11.0 Å². The van der Waals surface area contributed by atoms with Gasteiger partial charge in [-0.1, -0.05) is 24.6 Å². The Bertz CT molecular complexity index is 751.